The molecule has 5 nitrogen and oxygen atoms in total. The smallest absolute Gasteiger partial charge is 0.323 e. The zero-order chi connectivity index (χ0) is 11.6. The number of hydrogen-bond acceptors (Lipinski definition) is 4. The summed E-state index contributed by atoms with van der Waals surface area (Å²) in [6.07, 6.45) is -1.98. The molecule has 16 heavy (non-hydrogen) atoms. The van der Waals surface area contributed by atoms with Crippen molar-refractivity contribution in [3.63, 3.8) is 0 Å². The van der Waals surface area contributed by atoms with Crippen LogP contribution in [0, 0.1) is 0 Å². The van der Waals surface area contributed by atoms with Crippen molar-refractivity contribution in [2.45, 2.75) is 6.18 Å². The molecule has 0 bridgehead atoms. The summed E-state index contributed by atoms with van der Waals surface area (Å²) in [4.78, 5) is 6.45. The number of anilines is 2. The van der Waals surface area contributed by atoms with Crippen molar-refractivity contribution in [1.82, 2.24) is 20.2 Å². The van der Waals surface area contributed by atoms with E-state index >= 15 is 0 Å². The van der Waals surface area contributed by atoms with Gasteiger partial charge in [0.25, 0.3) is 0 Å². The van der Waals surface area contributed by atoms with E-state index in [0.717, 1.165) is 6.20 Å². The second-order valence-corrected chi connectivity index (χ2v) is 2.85. The molecule has 0 saturated heterocycles. The van der Waals surface area contributed by atoms with Crippen molar-refractivity contribution in [2.24, 2.45) is 0 Å². The van der Waals surface area contributed by atoms with Gasteiger partial charge in [0.05, 0.1) is 0 Å². The van der Waals surface area contributed by atoms with E-state index in [-0.39, 0.29) is 5.82 Å². The Labute approximate surface area is 87.7 Å². The minimum atomic E-state index is -4.55. The number of rotatable bonds is 2. The molecule has 0 fully saturated rings. The van der Waals surface area contributed by atoms with Crippen LogP contribution in [0.15, 0.2) is 24.5 Å². The third-order valence-electron chi connectivity index (χ3n) is 1.67. The number of aromatic amines is 1. The van der Waals surface area contributed by atoms with Gasteiger partial charge in [-0.1, -0.05) is 0 Å². The molecule has 2 aromatic heterocycles. The molecule has 0 aromatic carbocycles. The van der Waals surface area contributed by atoms with Crippen LogP contribution in [0.4, 0.5) is 24.8 Å². The molecule has 0 atom stereocenters. The monoisotopic (exact) mass is 229 g/mol. The van der Waals surface area contributed by atoms with Gasteiger partial charge >= 0.3 is 6.18 Å². The average molecular weight is 229 g/mol. The number of H-pyrrole nitrogens is 1. The summed E-state index contributed by atoms with van der Waals surface area (Å²) in [5.41, 5.74) is 0. The van der Waals surface area contributed by atoms with Gasteiger partial charge < -0.3 is 5.32 Å². The number of aromatic nitrogens is 4. The highest BCUT2D eigenvalue weighted by atomic mass is 19.4. The van der Waals surface area contributed by atoms with E-state index in [0.29, 0.717) is 5.82 Å². The number of hydrogen-bond donors (Lipinski definition) is 2. The average Bonchev–Trinajstić information content (AvgIpc) is 2.70. The topological polar surface area (TPSA) is 66.5 Å². The summed E-state index contributed by atoms with van der Waals surface area (Å²) < 4.78 is 36.8. The molecule has 0 radical (unpaired) electrons. The summed E-state index contributed by atoms with van der Waals surface area (Å²) >= 11 is 0. The van der Waals surface area contributed by atoms with Gasteiger partial charge in [-0.2, -0.15) is 18.3 Å². The maximum Gasteiger partial charge on any atom is 0.451 e. The molecule has 0 aliphatic carbocycles. The molecule has 84 valence electrons. The zero-order valence-electron chi connectivity index (χ0n) is 7.78. The van der Waals surface area contributed by atoms with Gasteiger partial charge in [0, 0.05) is 18.5 Å². The van der Waals surface area contributed by atoms with E-state index in [9.17, 15) is 13.2 Å². The lowest BCUT2D eigenvalue weighted by Gasteiger charge is -2.06. The van der Waals surface area contributed by atoms with E-state index in [4.69, 9.17) is 0 Å². The van der Waals surface area contributed by atoms with Crippen molar-refractivity contribution < 1.29 is 13.2 Å². The van der Waals surface area contributed by atoms with Gasteiger partial charge in [-0.15, -0.1) is 0 Å². The molecule has 2 N–H and O–H groups in total. The summed E-state index contributed by atoms with van der Waals surface area (Å²) in [5.74, 6) is -0.769. The van der Waals surface area contributed by atoms with Crippen molar-refractivity contribution in [2.75, 3.05) is 5.32 Å². The molecule has 0 amide bonds. The van der Waals surface area contributed by atoms with Crippen LogP contribution in [0.2, 0.25) is 0 Å². The molecular formula is C8H6F3N5. The van der Waals surface area contributed by atoms with Crippen molar-refractivity contribution in [3.8, 4) is 0 Å². The summed E-state index contributed by atoms with van der Waals surface area (Å²) in [6.45, 7) is 0. The first kappa shape index (κ1) is 10.4. The third-order valence-corrected chi connectivity index (χ3v) is 1.67. The van der Waals surface area contributed by atoms with Crippen LogP contribution in [0.25, 0.3) is 0 Å². The van der Waals surface area contributed by atoms with Crippen LogP contribution in [0.5, 0.6) is 0 Å². The van der Waals surface area contributed by atoms with E-state index in [1.807, 2.05) is 0 Å². The third kappa shape index (κ3) is 2.27. The standard InChI is InChI=1S/C8H6F3N5/c9-8(10,11)7-12-3-1-5(15-7)14-6-2-4-13-16-6/h1-4H,(H2,12,13,14,15,16). The Balaban J connectivity index is 2.23. The van der Waals surface area contributed by atoms with Crippen LogP contribution in [0.3, 0.4) is 0 Å². The van der Waals surface area contributed by atoms with Crippen LogP contribution in [-0.4, -0.2) is 20.2 Å². The Morgan fingerprint density at radius 3 is 2.62 bits per heavy atom. The second-order valence-electron chi connectivity index (χ2n) is 2.85. The molecule has 2 heterocycles. The minimum Gasteiger partial charge on any atom is -0.323 e. The molecular weight excluding hydrogens is 223 g/mol. The zero-order valence-corrected chi connectivity index (χ0v) is 7.78. The maximum absolute atomic E-state index is 12.3. The van der Waals surface area contributed by atoms with Gasteiger partial charge in [0.1, 0.15) is 5.82 Å². The van der Waals surface area contributed by atoms with Crippen LogP contribution >= 0.6 is 0 Å². The first-order chi connectivity index (χ1) is 7.55. The van der Waals surface area contributed by atoms with Crippen LogP contribution in [-0.2, 0) is 6.18 Å². The molecule has 2 aromatic rings. The Morgan fingerprint density at radius 1 is 1.19 bits per heavy atom. The Kier molecular flexibility index (Phi) is 2.47. The summed E-state index contributed by atoms with van der Waals surface area (Å²) in [5, 5.41) is 8.85. The minimum absolute atomic E-state index is 0.0365. The number of halogens is 3. The number of alkyl halides is 3. The Morgan fingerprint density at radius 2 is 2.00 bits per heavy atom. The van der Waals surface area contributed by atoms with Gasteiger partial charge in [0.2, 0.25) is 5.82 Å². The fourth-order valence-corrected chi connectivity index (χ4v) is 1.03. The quantitative estimate of drug-likeness (QED) is 0.826. The summed E-state index contributed by atoms with van der Waals surface area (Å²) in [6, 6.07) is 2.89. The van der Waals surface area contributed by atoms with E-state index in [1.165, 1.54) is 12.3 Å². The SMILES string of the molecule is FC(F)(F)c1nccc(Nc2cc[nH]n2)n1. The predicted molar refractivity (Wildman–Crippen MR) is 48.9 cm³/mol. The molecule has 0 spiro atoms. The van der Waals surface area contributed by atoms with E-state index in [2.05, 4.69) is 25.5 Å². The molecule has 0 aliphatic heterocycles. The summed E-state index contributed by atoms with van der Waals surface area (Å²) in [7, 11) is 0. The Hall–Kier alpha value is -2.12. The second kappa shape index (κ2) is 3.80. The normalized spacial score (nSPS) is 11.4. The van der Waals surface area contributed by atoms with Crippen molar-refractivity contribution in [3.05, 3.63) is 30.4 Å². The Bertz CT molecular complexity index is 465. The van der Waals surface area contributed by atoms with Crippen LogP contribution in [0.1, 0.15) is 5.82 Å². The lowest BCUT2D eigenvalue weighted by atomic mass is 10.5. The maximum atomic E-state index is 12.3. The molecule has 8 heteroatoms. The lowest BCUT2D eigenvalue weighted by molar-refractivity contribution is -0.144. The molecule has 2 rings (SSSR count). The van der Waals surface area contributed by atoms with Gasteiger partial charge in [0.15, 0.2) is 5.82 Å². The highest BCUT2D eigenvalue weighted by molar-refractivity contribution is 5.49. The van der Waals surface area contributed by atoms with Crippen molar-refractivity contribution >= 4 is 11.6 Å². The van der Waals surface area contributed by atoms with Crippen molar-refractivity contribution in [1.29, 1.82) is 0 Å². The fourth-order valence-electron chi connectivity index (χ4n) is 1.03. The van der Waals surface area contributed by atoms with Gasteiger partial charge in [-0.3, -0.25) is 5.10 Å². The molecule has 0 aliphatic rings. The fraction of sp³-hybridized carbons (Fsp3) is 0.125. The number of nitrogens with one attached hydrogen (secondary N) is 2. The van der Waals surface area contributed by atoms with Crippen LogP contribution < -0.4 is 5.32 Å². The van der Waals surface area contributed by atoms with Gasteiger partial charge in [-0.05, 0) is 6.07 Å². The largest absolute Gasteiger partial charge is 0.451 e. The van der Waals surface area contributed by atoms with E-state index in [1.54, 1.807) is 6.07 Å². The first-order valence-corrected chi connectivity index (χ1v) is 4.23. The highest BCUT2D eigenvalue weighted by Gasteiger charge is 2.34. The lowest BCUT2D eigenvalue weighted by Crippen LogP contribution is -2.11. The predicted octanol–water partition coefficient (Wildman–Crippen LogP) is 1.96. The highest BCUT2D eigenvalue weighted by Crippen LogP contribution is 2.26. The van der Waals surface area contributed by atoms with E-state index < -0.39 is 12.0 Å². The molecule has 0 unspecified atom stereocenters. The van der Waals surface area contributed by atoms with Gasteiger partial charge in [-0.25, -0.2) is 9.97 Å². The number of nitrogens with zero attached hydrogens (tertiary/aromatic N) is 3. The molecule has 0 saturated carbocycles. The first-order valence-electron chi connectivity index (χ1n) is 4.23.